The fourth-order valence-electron chi connectivity index (χ4n) is 3.43. The zero-order chi connectivity index (χ0) is 20.3. The highest BCUT2D eigenvalue weighted by molar-refractivity contribution is 5.97. The number of amides is 1. The van der Waals surface area contributed by atoms with Gasteiger partial charge in [0.05, 0.1) is 19.2 Å². The molecule has 0 atom stereocenters. The van der Waals surface area contributed by atoms with Crippen LogP contribution in [0.1, 0.15) is 36.0 Å². The molecule has 1 amide bonds. The van der Waals surface area contributed by atoms with Crippen molar-refractivity contribution < 1.29 is 33.0 Å². The number of hydrogen-bond acceptors (Lipinski definition) is 5. The van der Waals surface area contributed by atoms with Crippen LogP contribution in [-0.4, -0.2) is 60.8 Å². The number of ether oxygens (including phenoxy) is 2. The van der Waals surface area contributed by atoms with Gasteiger partial charge in [-0.25, -0.2) is 0 Å². The van der Waals surface area contributed by atoms with Gasteiger partial charge in [0, 0.05) is 24.7 Å². The maximum absolute atomic E-state index is 12.6. The second-order valence-electron chi connectivity index (χ2n) is 7.30. The average Bonchev–Trinajstić information content (AvgIpc) is 3.40. The average molecular weight is 398 g/mol. The number of carbonyl (C=O) groups excluding carboxylic acids is 1. The number of benzene rings is 1. The fourth-order valence-corrected chi connectivity index (χ4v) is 3.43. The van der Waals surface area contributed by atoms with E-state index in [-0.39, 0.29) is 29.9 Å². The normalized spacial score (nSPS) is 21.3. The van der Waals surface area contributed by atoms with Crippen molar-refractivity contribution in [3.63, 3.8) is 0 Å². The molecular formula is C19H24F2N2O5. The molecule has 2 aliphatic rings. The van der Waals surface area contributed by atoms with Crippen molar-refractivity contribution >= 4 is 11.9 Å². The summed E-state index contributed by atoms with van der Waals surface area (Å²) in [7, 11) is 1.39. The Bertz CT molecular complexity index is 720. The summed E-state index contributed by atoms with van der Waals surface area (Å²) < 4.78 is 34.7. The summed E-state index contributed by atoms with van der Waals surface area (Å²) in [5, 5.41) is 11.9. The number of halogens is 2. The minimum Gasteiger partial charge on any atom is -0.497 e. The molecule has 0 unspecified atom stereocenters. The highest BCUT2D eigenvalue weighted by Crippen LogP contribution is 2.34. The molecule has 0 bridgehead atoms. The number of carboxylic acid groups (broad SMARTS) is 1. The van der Waals surface area contributed by atoms with Gasteiger partial charge in [-0.2, -0.15) is 8.78 Å². The van der Waals surface area contributed by atoms with E-state index in [0.717, 1.165) is 19.4 Å². The number of carboxylic acids is 1. The van der Waals surface area contributed by atoms with Crippen LogP contribution in [0.3, 0.4) is 0 Å². The standard InChI is InChI=1S/C19H24F2N2O5/c1-27-14-4-5-15(16(8-14)28-19(20)21)18(26)22-12-6-13(7-12)23(10-17(24)25)9-11-2-3-11/h4-5,8,11-13,19H,2-3,6-7,9-10H2,1H3,(H,22,26)(H,24,25). The number of carbonyl (C=O) groups is 2. The first kappa shape index (κ1) is 20.3. The lowest BCUT2D eigenvalue weighted by Gasteiger charge is -2.42. The molecule has 2 aliphatic carbocycles. The SMILES string of the molecule is COc1ccc(C(=O)NC2CC(N(CC(=O)O)CC3CC3)C2)c(OC(F)F)c1. The fraction of sp³-hybridized carbons (Fsp3) is 0.579. The number of nitrogens with zero attached hydrogens (tertiary/aromatic N) is 1. The Morgan fingerprint density at radius 1 is 1.32 bits per heavy atom. The molecule has 7 nitrogen and oxygen atoms in total. The van der Waals surface area contributed by atoms with Crippen molar-refractivity contribution in [3.05, 3.63) is 23.8 Å². The smallest absolute Gasteiger partial charge is 0.387 e. The van der Waals surface area contributed by atoms with Crippen molar-refractivity contribution in [2.75, 3.05) is 20.2 Å². The monoisotopic (exact) mass is 398 g/mol. The van der Waals surface area contributed by atoms with Gasteiger partial charge >= 0.3 is 12.6 Å². The first-order valence-corrected chi connectivity index (χ1v) is 9.25. The summed E-state index contributed by atoms with van der Waals surface area (Å²) in [5.41, 5.74) is 0.00456. The van der Waals surface area contributed by atoms with Crippen LogP contribution in [0.25, 0.3) is 0 Å². The van der Waals surface area contributed by atoms with Gasteiger partial charge in [0.25, 0.3) is 5.91 Å². The molecule has 0 aliphatic heterocycles. The molecule has 0 heterocycles. The molecule has 28 heavy (non-hydrogen) atoms. The highest BCUT2D eigenvalue weighted by atomic mass is 19.3. The van der Waals surface area contributed by atoms with Gasteiger partial charge in [0.2, 0.25) is 0 Å². The van der Waals surface area contributed by atoms with Gasteiger partial charge in [0.15, 0.2) is 0 Å². The van der Waals surface area contributed by atoms with Crippen molar-refractivity contribution in [1.82, 2.24) is 10.2 Å². The van der Waals surface area contributed by atoms with Crippen LogP contribution >= 0.6 is 0 Å². The topological polar surface area (TPSA) is 88.1 Å². The second-order valence-corrected chi connectivity index (χ2v) is 7.30. The van der Waals surface area contributed by atoms with Crippen LogP contribution < -0.4 is 14.8 Å². The number of alkyl halides is 2. The lowest BCUT2D eigenvalue weighted by atomic mass is 9.85. The van der Waals surface area contributed by atoms with E-state index in [4.69, 9.17) is 9.84 Å². The molecule has 0 radical (unpaired) electrons. The first-order chi connectivity index (χ1) is 13.4. The Morgan fingerprint density at radius 3 is 2.61 bits per heavy atom. The van der Waals surface area contributed by atoms with Crippen molar-refractivity contribution in [2.45, 2.75) is 44.4 Å². The summed E-state index contributed by atoms with van der Waals surface area (Å²) >= 11 is 0. The van der Waals surface area contributed by atoms with E-state index < -0.39 is 18.5 Å². The van der Waals surface area contributed by atoms with Crippen molar-refractivity contribution in [2.24, 2.45) is 5.92 Å². The molecule has 0 spiro atoms. The zero-order valence-corrected chi connectivity index (χ0v) is 15.6. The van der Waals surface area contributed by atoms with E-state index in [1.807, 2.05) is 4.90 Å². The van der Waals surface area contributed by atoms with Crippen LogP contribution in [0.15, 0.2) is 18.2 Å². The minimum absolute atomic E-state index is 0.00456. The zero-order valence-electron chi connectivity index (χ0n) is 15.6. The van der Waals surface area contributed by atoms with Gasteiger partial charge < -0.3 is 19.9 Å². The molecule has 9 heteroatoms. The maximum atomic E-state index is 12.6. The predicted octanol–water partition coefficient (Wildman–Crippen LogP) is 2.35. The van der Waals surface area contributed by atoms with E-state index in [0.29, 0.717) is 24.5 Å². The van der Waals surface area contributed by atoms with Gasteiger partial charge in [-0.1, -0.05) is 0 Å². The number of hydrogen-bond donors (Lipinski definition) is 2. The second kappa shape index (κ2) is 8.72. The maximum Gasteiger partial charge on any atom is 0.387 e. The predicted molar refractivity (Wildman–Crippen MR) is 95.8 cm³/mol. The molecule has 1 aromatic carbocycles. The molecule has 154 valence electrons. The Labute approximate surface area is 161 Å². The van der Waals surface area contributed by atoms with Crippen LogP contribution in [-0.2, 0) is 4.79 Å². The molecule has 3 rings (SSSR count). The van der Waals surface area contributed by atoms with Gasteiger partial charge in [0.1, 0.15) is 11.5 Å². The Kier molecular flexibility index (Phi) is 6.33. The summed E-state index contributed by atoms with van der Waals surface area (Å²) in [6.07, 6.45) is 3.53. The van der Waals surface area contributed by atoms with Crippen LogP contribution in [0.2, 0.25) is 0 Å². The van der Waals surface area contributed by atoms with Crippen molar-refractivity contribution in [3.8, 4) is 11.5 Å². The van der Waals surface area contributed by atoms with Crippen LogP contribution in [0.4, 0.5) is 8.78 Å². The van der Waals surface area contributed by atoms with E-state index in [1.165, 1.54) is 25.3 Å². The number of nitrogens with one attached hydrogen (secondary N) is 1. The Balaban J connectivity index is 1.57. The Morgan fingerprint density at radius 2 is 2.04 bits per heavy atom. The van der Waals surface area contributed by atoms with E-state index in [1.54, 1.807) is 0 Å². The number of aliphatic carboxylic acids is 1. The largest absolute Gasteiger partial charge is 0.497 e. The summed E-state index contributed by atoms with van der Waals surface area (Å²) in [6, 6.07) is 4.10. The lowest BCUT2D eigenvalue weighted by molar-refractivity contribution is -0.139. The van der Waals surface area contributed by atoms with E-state index >= 15 is 0 Å². The molecule has 1 aromatic rings. The first-order valence-electron chi connectivity index (χ1n) is 9.25. The Hall–Kier alpha value is -2.42. The highest BCUT2D eigenvalue weighted by Gasteiger charge is 2.38. The summed E-state index contributed by atoms with van der Waals surface area (Å²) in [4.78, 5) is 25.5. The lowest BCUT2D eigenvalue weighted by Crippen LogP contribution is -2.55. The van der Waals surface area contributed by atoms with Gasteiger partial charge in [-0.15, -0.1) is 0 Å². The molecular weight excluding hydrogens is 374 g/mol. The number of methoxy groups -OCH3 is 1. The molecule has 2 N–H and O–H groups in total. The minimum atomic E-state index is -3.06. The van der Waals surface area contributed by atoms with Crippen LogP contribution in [0, 0.1) is 5.92 Å². The summed E-state index contributed by atoms with van der Waals surface area (Å²) in [5.74, 6) is -0.737. The van der Waals surface area contributed by atoms with Gasteiger partial charge in [-0.3, -0.25) is 14.5 Å². The molecule has 0 saturated heterocycles. The van der Waals surface area contributed by atoms with E-state index in [9.17, 15) is 18.4 Å². The van der Waals surface area contributed by atoms with E-state index in [2.05, 4.69) is 10.1 Å². The molecule has 2 fully saturated rings. The van der Waals surface area contributed by atoms with Crippen LogP contribution in [0.5, 0.6) is 11.5 Å². The van der Waals surface area contributed by atoms with Gasteiger partial charge in [-0.05, 0) is 43.7 Å². The molecule has 2 saturated carbocycles. The summed E-state index contributed by atoms with van der Waals surface area (Å²) in [6.45, 7) is -2.30. The third-order valence-electron chi connectivity index (χ3n) is 5.14. The van der Waals surface area contributed by atoms with Crippen molar-refractivity contribution in [1.29, 1.82) is 0 Å². The number of rotatable bonds is 10. The third kappa shape index (κ3) is 5.31. The third-order valence-corrected chi connectivity index (χ3v) is 5.14. The quantitative estimate of drug-likeness (QED) is 0.629. The molecule has 0 aromatic heterocycles.